The Hall–Kier alpha value is -2.37. The molecule has 0 saturated carbocycles. The van der Waals surface area contributed by atoms with Crippen molar-refractivity contribution >= 4 is 47.0 Å². The van der Waals surface area contributed by atoms with Gasteiger partial charge in [0, 0.05) is 12.3 Å². The molecule has 1 N–H and O–H groups in total. The lowest BCUT2D eigenvalue weighted by atomic mass is 10.2. The highest BCUT2D eigenvalue weighted by molar-refractivity contribution is 6.36. The van der Waals surface area contributed by atoms with E-state index in [1.807, 2.05) is 30.3 Å². The zero-order valence-electron chi connectivity index (χ0n) is 11.8. The van der Waals surface area contributed by atoms with E-state index in [0.717, 1.165) is 5.56 Å². The molecule has 0 bridgehead atoms. The van der Waals surface area contributed by atoms with Crippen molar-refractivity contribution in [3.05, 3.63) is 64.3 Å². The van der Waals surface area contributed by atoms with Crippen LogP contribution in [0.15, 0.2) is 48.7 Å². The molecule has 1 aromatic heterocycles. The van der Waals surface area contributed by atoms with E-state index in [-0.39, 0.29) is 10.8 Å². The van der Waals surface area contributed by atoms with Crippen LogP contribution in [0.1, 0.15) is 5.56 Å². The van der Waals surface area contributed by atoms with Crippen LogP contribution in [0.4, 0.5) is 5.82 Å². The number of carbonyl (C=O) groups excluding carboxylic acids is 2. The molecule has 0 radical (unpaired) electrons. The Morgan fingerprint density at radius 3 is 2.65 bits per heavy atom. The van der Waals surface area contributed by atoms with Gasteiger partial charge in [0.05, 0.1) is 10.0 Å². The molecule has 0 aliphatic rings. The van der Waals surface area contributed by atoms with Gasteiger partial charge in [-0.2, -0.15) is 0 Å². The normalized spacial score (nSPS) is 10.5. The molecule has 5 nitrogen and oxygen atoms in total. The highest BCUT2D eigenvalue weighted by atomic mass is 35.5. The van der Waals surface area contributed by atoms with E-state index in [1.165, 1.54) is 18.3 Å². The number of amides is 1. The molecule has 1 heterocycles. The van der Waals surface area contributed by atoms with Gasteiger partial charge in [-0.3, -0.25) is 4.79 Å². The maximum absolute atomic E-state index is 11.7. The minimum atomic E-state index is -0.626. The van der Waals surface area contributed by atoms with Gasteiger partial charge in [0.2, 0.25) is 0 Å². The Bertz CT molecular complexity index is 733. The summed E-state index contributed by atoms with van der Waals surface area (Å²) in [5.74, 6) is -1.03. The van der Waals surface area contributed by atoms with Crippen molar-refractivity contribution in [1.29, 1.82) is 0 Å². The molecular formula is C16H12Cl2N2O3. The number of anilines is 1. The number of hydrogen-bond donors (Lipinski definition) is 1. The molecule has 7 heteroatoms. The van der Waals surface area contributed by atoms with Crippen molar-refractivity contribution in [3.63, 3.8) is 0 Å². The van der Waals surface area contributed by atoms with Crippen LogP contribution in [0.5, 0.6) is 0 Å². The summed E-state index contributed by atoms with van der Waals surface area (Å²) in [7, 11) is 0. The van der Waals surface area contributed by atoms with Crippen LogP contribution in [-0.2, 0) is 14.3 Å². The second kappa shape index (κ2) is 8.31. The van der Waals surface area contributed by atoms with E-state index in [1.54, 1.807) is 6.08 Å². The lowest BCUT2D eigenvalue weighted by molar-refractivity contribution is -0.142. The molecule has 1 amide bonds. The van der Waals surface area contributed by atoms with Gasteiger partial charge in [-0.1, -0.05) is 53.5 Å². The molecule has 23 heavy (non-hydrogen) atoms. The lowest BCUT2D eigenvalue weighted by Crippen LogP contribution is -2.20. The van der Waals surface area contributed by atoms with Gasteiger partial charge >= 0.3 is 5.97 Å². The zero-order chi connectivity index (χ0) is 16.7. The fraction of sp³-hybridized carbons (Fsp3) is 0.0625. The number of nitrogens with one attached hydrogen (secondary N) is 1. The van der Waals surface area contributed by atoms with Crippen LogP contribution in [0.2, 0.25) is 10.0 Å². The molecule has 0 unspecified atom stereocenters. The molecule has 0 aliphatic carbocycles. The van der Waals surface area contributed by atoms with Crippen LogP contribution in [0.25, 0.3) is 6.08 Å². The molecule has 0 atom stereocenters. The van der Waals surface area contributed by atoms with Crippen LogP contribution in [0, 0.1) is 0 Å². The fourth-order valence-corrected chi connectivity index (χ4v) is 2.02. The summed E-state index contributed by atoms with van der Waals surface area (Å²) in [5, 5.41) is 2.97. The average Bonchev–Trinajstić information content (AvgIpc) is 2.54. The van der Waals surface area contributed by atoms with Crippen molar-refractivity contribution < 1.29 is 14.3 Å². The van der Waals surface area contributed by atoms with Gasteiger partial charge in [-0.05, 0) is 17.7 Å². The van der Waals surface area contributed by atoms with E-state index in [9.17, 15) is 9.59 Å². The number of ether oxygens (including phenoxy) is 1. The lowest BCUT2D eigenvalue weighted by Gasteiger charge is -2.06. The van der Waals surface area contributed by atoms with Gasteiger partial charge in [0.15, 0.2) is 12.4 Å². The number of benzene rings is 1. The largest absolute Gasteiger partial charge is 0.452 e. The Morgan fingerprint density at radius 1 is 1.22 bits per heavy atom. The van der Waals surface area contributed by atoms with Gasteiger partial charge in [-0.15, -0.1) is 0 Å². The molecule has 0 aliphatic heterocycles. The highest BCUT2D eigenvalue weighted by Gasteiger charge is 2.09. The molecular weight excluding hydrogens is 339 g/mol. The highest BCUT2D eigenvalue weighted by Crippen LogP contribution is 2.22. The standard InChI is InChI=1S/C16H12Cl2N2O3/c17-12-8-13(18)16(19-9-12)20-14(21)10-23-15(22)7-6-11-4-2-1-3-5-11/h1-9H,10H2,(H,19,20,21)/b7-6+. The molecule has 0 fully saturated rings. The average molecular weight is 351 g/mol. The summed E-state index contributed by atoms with van der Waals surface area (Å²) in [6, 6.07) is 10.7. The zero-order valence-corrected chi connectivity index (χ0v) is 13.3. The topological polar surface area (TPSA) is 68.3 Å². The first-order chi connectivity index (χ1) is 11.0. The SMILES string of the molecule is O=C(COC(=O)/C=C/c1ccccc1)Nc1ncc(Cl)cc1Cl. The minimum Gasteiger partial charge on any atom is -0.452 e. The Labute approximate surface area is 142 Å². The van der Waals surface area contributed by atoms with E-state index < -0.39 is 18.5 Å². The van der Waals surface area contributed by atoms with E-state index in [2.05, 4.69) is 10.3 Å². The number of nitrogens with zero attached hydrogens (tertiary/aromatic N) is 1. The number of esters is 1. The van der Waals surface area contributed by atoms with Crippen LogP contribution in [0.3, 0.4) is 0 Å². The molecule has 2 rings (SSSR count). The first-order valence-electron chi connectivity index (χ1n) is 6.55. The summed E-state index contributed by atoms with van der Waals surface area (Å²) < 4.78 is 4.83. The van der Waals surface area contributed by atoms with Crippen molar-refractivity contribution in [3.8, 4) is 0 Å². The van der Waals surface area contributed by atoms with Gasteiger partial charge < -0.3 is 10.1 Å². The number of aromatic nitrogens is 1. The number of hydrogen-bond acceptors (Lipinski definition) is 4. The Morgan fingerprint density at radius 2 is 1.96 bits per heavy atom. The molecule has 118 valence electrons. The number of carbonyl (C=O) groups is 2. The van der Waals surface area contributed by atoms with Gasteiger partial charge in [0.25, 0.3) is 5.91 Å². The number of halogens is 2. The molecule has 0 saturated heterocycles. The van der Waals surface area contributed by atoms with E-state index >= 15 is 0 Å². The predicted molar refractivity (Wildman–Crippen MR) is 89.3 cm³/mol. The Kier molecular flexibility index (Phi) is 6.14. The van der Waals surface area contributed by atoms with Crippen LogP contribution < -0.4 is 5.32 Å². The summed E-state index contributed by atoms with van der Waals surface area (Å²) in [6.45, 7) is -0.446. The van der Waals surface area contributed by atoms with Gasteiger partial charge in [0.1, 0.15) is 0 Å². The maximum Gasteiger partial charge on any atom is 0.331 e. The summed E-state index contributed by atoms with van der Waals surface area (Å²) in [5.41, 5.74) is 0.853. The van der Waals surface area contributed by atoms with Crippen molar-refractivity contribution in [2.24, 2.45) is 0 Å². The quantitative estimate of drug-likeness (QED) is 0.660. The first kappa shape index (κ1) is 17.0. The third kappa shape index (κ3) is 5.73. The fourth-order valence-electron chi connectivity index (χ4n) is 1.59. The smallest absolute Gasteiger partial charge is 0.331 e. The van der Waals surface area contributed by atoms with Gasteiger partial charge in [-0.25, -0.2) is 9.78 Å². The molecule has 1 aromatic carbocycles. The number of rotatable bonds is 5. The molecule has 2 aromatic rings. The van der Waals surface area contributed by atoms with Crippen LogP contribution in [-0.4, -0.2) is 23.5 Å². The minimum absolute atomic E-state index is 0.150. The Balaban J connectivity index is 1.82. The first-order valence-corrected chi connectivity index (χ1v) is 7.31. The third-order valence-electron chi connectivity index (χ3n) is 2.62. The summed E-state index contributed by atoms with van der Waals surface area (Å²) in [6.07, 6.45) is 4.19. The summed E-state index contributed by atoms with van der Waals surface area (Å²) in [4.78, 5) is 27.1. The van der Waals surface area contributed by atoms with E-state index in [4.69, 9.17) is 27.9 Å². The van der Waals surface area contributed by atoms with Crippen LogP contribution >= 0.6 is 23.2 Å². The second-order valence-corrected chi connectivity index (χ2v) is 5.23. The monoisotopic (exact) mass is 350 g/mol. The third-order valence-corrected chi connectivity index (χ3v) is 3.12. The van der Waals surface area contributed by atoms with E-state index in [0.29, 0.717) is 5.02 Å². The van der Waals surface area contributed by atoms with Crippen molar-refractivity contribution in [2.75, 3.05) is 11.9 Å². The van der Waals surface area contributed by atoms with Crippen molar-refractivity contribution in [2.45, 2.75) is 0 Å². The second-order valence-electron chi connectivity index (χ2n) is 4.38. The summed E-state index contributed by atoms with van der Waals surface area (Å²) >= 11 is 11.6. The van der Waals surface area contributed by atoms with Crippen molar-refractivity contribution in [1.82, 2.24) is 4.98 Å². The molecule has 0 spiro atoms. The predicted octanol–water partition coefficient (Wildman–Crippen LogP) is 3.58. The number of pyridine rings is 1. The maximum atomic E-state index is 11.7.